The summed E-state index contributed by atoms with van der Waals surface area (Å²) in [4.78, 5) is 35.7. The highest BCUT2D eigenvalue weighted by molar-refractivity contribution is 7.99. The lowest BCUT2D eigenvalue weighted by Gasteiger charge is -2.13. The molecule has 0 atom stereocenters. The Labute approximate surface area is 168 Å². The van der Waals surface area contributed by atoms with Gasteiger partial charge in [0.15, 0.2) is 16.6 Å². The Kier molecular flexibility index (Phi) is 6.08. The van der Waals surface area contributed by atoms with E-state index in [0.717, 1.165) is 18.6 Å². The van der Waals surface area contributed by atoms with Crippen molar-refractivity contribution >= 4 is 51.9 Å². The van der Waals surface area contributed by atoms with Crippen LogP contribution in [-0.2, 0) is 6.54 Å². The van der Waals surface area contributed by atoms with Gasteiger partial charge in [-0.05, 0) is 18.6 Å². The number of nitrogens with zero attached hydrogens (tertiary/aromatic N) is 3. The van der Waals surface area contributed by atoms with Crippen LogP contribution in [0.3, 0.4) is 0 Å². The number of hydrogen-bond acceptors (Lipinski definition) is 6. The Bertz CT molecular complexity index is 1090. The van der Waals surface area contributed by atoms with Crippen LogP contribution >= 0.6 is 35.0 Å². The van der Waals surface area contributed by atoms with Crippen LogP contribution in [0.2, 0.25) is 10.0 Å². The van der Waals surface area contributed by atoms with Crippen molar-refractivity contribution in [2.75, 3.05) is 11.5 Å². The van der Waals surface area contributed by atoms with E-state index in [4.69, 9.17) is 28.9 Å². The van der Waals surface area contributed by atoms with Gasteiger partial charge in [0.25, 0.3) is 0 Å². The first-order chi connectivity index (χ1) is 12.9. The highest BCUT2D eigenvalue weighted by Crippen LogP contribution is 2.26. The third-order valence-corrected chi connectivity index (χ3v) is 5.58. The summed E-state index contributed by atoms with van der Waals surface area (Å²) in [5, 5.41) is 1.23. The van der Waals surface area contributed by atoms with E-state index in [1.165, 1.54) is 16.3 Å². The summed E-state index contributed by atoms with van der Waals surface area (Å²) in [7, 11) is 0. The number of rotatable bonds is 6. The van der Waals surface area contributed by atoms with Gasteiger partial charge in [0, 0.05) is 21.4 Å². The zero-order chi connectivity index (χ0) is 19.6. The molecular weight excluding hydrogens is 409 g/mol. The van der Waals surface area contributed by atoms with Crippen LogP contribution < -0.4 is 16.9 Å². The number of H-pyrrole nitrogens is 1. The van der Waals surface area contributed by atoms with Gasteiger partial charge in [-0.15, -0.1) is 0 Å². The molecule has 2 heterocycles. The first kappa shape index (κ1) is 19.7. The van der Waals surface area contributed by atoms with Crippen LogP contribution in [0, 0.1) is 0 Å². The molecule has 0 aliphatic rings. The number of nitrogen functional groups attached to an aromatic ring is 1. The molecule has 0 amide bonds. The number of halogens is 2. The number of nitrogens with one attached hydrogen (secondary N) is 1. The van der Waals surface area contributed by atoms with Crippen LogP contribution in [0.15, 0.2) is 32.9 Å². The number of benzene rings is 1. The number of aromatic nitrogens is 4. The summed E-state index contributed by atoms with van der Waals surface area (Å²) in [6, 6.07) is 5.03. The van der Waals surface area contributed by atoms with Gasteiger partial charge in [0.05, 0.1) is 6.54 Å². The predicted molar refractivity (Wildman–Crippen MR) is 110 cm³/mol. The molecule has 0 aliphatic heterocycles. The lowest BCUT2D eigenvalue weighted by molar-refractivity contribution is 0.754. The fraction of sp³-hybridized carbons (Fsp3) is 0.294. The van der Waals surface area contributed by atoms with Gasteiger partial charge in [0.2, 0.25) is 0 Å². The van der Waals surface area contributed by atoms with Crippen molar-refractivity contribution in [2.45, 2.75) is 31.5 Å². The van der Waals surface area contributed by atoms with Gasteiger partial charge in [-0.3, -0.25) is 14.2 Å². The van der Waals surface area contributed by atoms with Crippen molar-refractivity contribution in [1.29, 1.82) is 0 Å². The number of unbranched alkanes of at least 4 members (excludes halogenated alkanes) is 1. The number of anilines is 1. The second-order valence-corrected chi connectivity index (χ2v) is 7.71. The molecule has 0 radical (unpaired) electrons. The maximum Gasteiger partial charge on any atom is 0.318 e. The van der Waals surface area contributed by atoms with E-state index < -0.39 is 11.1 Å². The zero-order valence-electron chi connectivity index (χ0n) is 14.5. The molecule has 2 aromatic heterocycles. The number of nitrogens with two attached hydrogens (primary N) is 1. The van der Waals surface area contributed by atoms with Crippen molar-refractivity contribution in [3.63, 3.8) is 0 Å². The third kappa shape index (κ3) is 4.12. The summed E-state index contributed by atoms with van der Waals surface area (Å²) in [5.74, 6) is 0.931. The molecule has 0 unspecified atom stereocenters. The van der Waals surface area contributed by atoms with Gasteiger partial charge in [-0.25, -0.2) is 9.97 Å². The molecule has 1 aromatic carbocycles. The van der Waals surface area contributed by atoms with E-state index in [9.17, 15) is 9.59 Å². The quantitative estimate of drug-likeness (QED) is 0.271. The largest absolute Gasteiger partial charge is 0.382 e. The Hall–Kier alpha value is -2.03. The van der Waals surface area contributed by atoms with E-state index in [1.807, 2.05) is 0 Å². The topological polar surface area (TPSA) is 107 Å². The average Bonchev–Trinajstić information content (AvgIpc) is 2.62. The molecule has 3 rings (SSSR count). The summed E-state index contributed by atoms with van der Waals surface area (Å²) in [6.45, 7) is 2.08. The average molecular weight is 426 g/mol. The summed E-state index contributed by atoms with van der Waals surface area (Å²) < 4.78 is 1.23. The molecule has 10 heteroatoms. The van der Waals surface area contributed by atoms with E-state index in [2.05, 4.69) is 21.9 Å². The minimum Gasteiger partial charge on any atom is -0.382 e. The number of thioether (sulfide) groups is 1. The van der Waals surface area contributed by atoms with Gasteiger partial charge < -0.3 is 10.7 Å². The maximum atomic E-state index is 12.5. The van der Waals surface area contributed by atoms with Crippen LogP contribution in [0.5, 0.6) is 0 Å². The minimum atomic E-state index is -0.813. The molecular formula is C17H17Cl2N5O2S. The highest BCUT2D eigenvalue weighted by Gasteiger charge is 2.16. The van der Waals surface area contributed by atoms with E-state index in [0.29, 0.717) is 20.8 Å². The third-order valence-electron chi connectivity index (χ3n) is 3.94. The van der Waals surface area contributed by atoms with Crippen molar-refractivity contribution in [2.24, 2.45) is 0 Å². The molecule has 0 bridgehead atoms. The molecule has 3 N–H and O–H groups in total. The van der Waals surface area contributed by atoms with Crippen LogP contribution in [-0.4, -0.2) is 25.3 Å². The fourth-order valence-electron chi connectivity index (χ4n) is 2.51. The smallest absolute Gasteiger partial charge is 0.318 e. The molecule has 0 spiro atoms. The lowest BCUT2D eigenvalue weighted by atomic mass is 10.2. The maximum absolute atomic E-state index is 12.5. The predicted octanol–water partition coefficient (Wildman–Crippen LogP) is 3.31. The number of fused-ring (bicyclic) bond motifs is 1. The summed E-state index contributed by atoms with van der Waals surface area (Å²) in [5.41, 5.74) is 5.39. The second-order valence-electron chi connectivity index (χ2n) is 5.84. The Morgan fingerprint density at radius 3 is 2.59 bits per heavy atom. The van der Waals surface area contributed by atoms with Crippen LogP contribution in [0.1, 0.15) is 25.3 Å². The monoisotopic (exact) mass is 425 g/mol. The van der Waals surface area contributed by atoms with Crippen molar-refractivity contribution < 1.29 is 0 Å². The first-order valence-electron chi connectivity index (χ1n) is 8.28. The van der Waals surface area contributed by atoms with Gasteiger partial charge in [-0.2, -0.15) is 0 Å². The molecule has 7 nitrogen and oxygen atoms in total. The molecule has 0 saturated heterocycles. The Morgan fingerprint density at radius 2 is 1.93 bits per heavy atom. The van der Waals surface area contributed by atoms with Gasteiger partial charge in [-0.1, -0.05) is 54.4 Å². The van der Waals surface area contributed by atoms with Crippen molar-refractivity contribution in [1.82, 2.24) is 19.5 Å². The fourth-order valence-corrected chi connectivity index (χ4v) is 3.95. The Balaban J connectivity index is 2.19. The van der Waals surface area contributed by atoms with Crippen LogP contribution in [0.25, 0.3) is 11.2 Å². The van der Waals surface area contributed by atoms with Crippen molar-refractivity contribution in [3.05, 3.63) is 54.5 Å². The SMILES string of the molecule is CCCCSc1nc(N)c2[nH]c(=O)c(=O)n(Cc3c(Cl)cccc3Cl)c2n1. The molecule has 27 heavy (non-hydrogen) atoms. The molecule has 0 aliphatic carbocycles. The first-order valence-corrected chi connectivity index (χ1v) is 10.0. The number of aromatic amines is 1. The van der Waals surface area contributed by atoms with Crippen LogP contribution in [0.4, 0.5) is 5.82 Å². The van der Waals surface area contributed by atoms with Gasteiger partial charge in [0.1, 0.15) is 5.52 Å². The molecule has 0 fully saturated rings. The lowest BCUT2D eigenvalue weighted by Crippen LogP contribution is -2.37. The molecule has 142 valence electrons. The highest BCUT2D eigenvalue weighted by atomic mass is 35.5. The summed E-state index contributed by atoms with van der Waals surface area (Å²) >= 11 is 13.9. The second kappa shape index (κ2) is 8.33. The molecule has 3 aromatic rings. The van der Waals surface area contributed by atoms with E-state index in [-0.39, 0.29) is 23.5 Å². The van der Waals surface area contributed by atoms with E-state index >= 15 is 0 Å². The van der Waals surface area contributed by atoms with E-state index in [1.54, 1.807) is 18.2 Å². The van der Waals surface area contributed by atoms with Gasteiger partial charge >= 0.3 is 11.1 Å². The Morgan fingerprint density at radius 1 is 1.22 bits per heavy atom. The molecule has 0 saturated carbocycles. The number of hydrogen-bond donors (Lipinski definition) is 2. The minimum absolute atomic E-state index is 0.00667. The van der Waals surface area contributed by atoms with Crippen molar-refractivity contribution in [3.8, 4) is 0 Å². The summed E-state index contributed by atoms with van der Waals surface area (Å²) in [6.07, 6.45) is 2.04. The normalized spacial score (nSPS) is 11.2. The standard InChI is InChI=1S/C17H17Cl2N5O2S/c1-2-3-7-27-17-22-13(20)12-14(23-17)24(16(26)15(25)21-12)8-9-10(18)5-4-6-11(9)19/h4-6H,2-3,7-8H2,1H3,(H,21,25)(H2,20,22,23). The zero-order valence-corrected chi connectivity index (χ0v) is 16.8.